The molecule has 2 aliphatic rings. The minimum atomic E-state index is -2.13. The maximum Gasteiger partial charge on any atom is 0.319 e. The van der Waals surface area contributed by atoms with E-state index in [1.54, 1.807) is 12.1 Å². The van der Waals surface area contributed by atoms with Crippen LogP contribution in [0.4, 0.5) is 10.5 Å². The highest BCUT2D eigenvalue weighted by Gasteiger charge is 2.49. The van der Waals surface area contributed by atoms with Gasteiger partial charge in [0.15, 0.2) is 0 Å². The highest BCUT2D eigenvalue weighted by molar-refractivity contribution is 5.92. The van der Waals surface area contributed by atoms with Crippen molar-refractivity contribution in [1.29, 1.82) is 0 Å². The highest BCUT2D eigenvalue weighted by atomic mass is 16.3. The molecule has 0 bridgehead atoms. The molecule has 0 saturated heterocycles. The highest BCUT2D eigenvalue weighted by Crippen LogP contribution is 2.30. The average molecular weight is 473 g/mol. The molecule has 0 aliphatic heterocycles. The van der Waals surface area contributed by atoms with E-state index >= 15 is 0 Å². The lowest BCUT2D eigenvalue weighted by atomic mass is 9.77. The van der Waals surface area contributed by atoms with Crippen molar-refractivity contribution in [2.75, 3.05) is 5.32 Å². The molecule has 3 rings (SSSR count). The fourth-order valence-electron chi connectivity index (χ4n) is 4.17. The Morgan fingerprint density at radius 3 is 2.47 bits per heavy atom. The van der Waals surface area contributed by atoms with Crippen LogP contribution < -0.4 is 21.7 Å². The van der Waals surface area contributed by atoms with Gasteiger partial charge >= 0.3 is 6.03 Å². The molecular weight excluding hydrogens is 440 g/mol. The second kappa shape index (κ2) is 10.8. The zero-order chi connectivity index (χ0) is 24.9. The molecule has 34 heavy (non-hydrogen) atoms. The number of benzene rings is 1. The normalized spacial score (nSPS) is 27.3. The molecule has 1 aromatic rings. The number of anilines is 1. The quantitative estimate of drug-likeness (QED) is 0.302. The van der Waals surface area contributed by atoms with Crippen molar-refractivity contribution in [2.45, 2.75) is 68.9 Å². The molecule has 0 aromatic heterocycles. The van der Waals surface area contributed by atoms with Gasteiger partial charge in [-0.05, 0) is 37.5 Å². The number of primary amides is 1. The minimum Gasteiger partial charge on any atom is -0.390 e. The van der Waals surface area contributed by atoms with E-state index in [0.717, 1.165) is 24.0 Å². The van der Waals surface area contributed by atoms with E-state index in [9.17, 15) is 29.7 Å². The number of hydrogen-bond donors (Lipinski definition) is 7. The van der Waals surface area contributed by atoms with E-state index in [2.05, 4.69) is 16.0 Å². The van der Waals surface area contributed by atoms with E-state index in [4.69, 9.17) is 5.73 Å². The van der Waals surface area contributed by atoms with Gasteiger partial charge in [-0.15, -0.1) is 0 Å². The average Bonchev–Trinajstić information content (AvgIpc) is 2.79. The molecule has 0 spiro atoms. The van der Waals surface area contributed by atoms with Gasteiger partial charge in [-0.1, -0.05) is 35.9 Å². The topological polar surface area (TPSA) is 174 Å². The van der Waals surface area contributed by atoms with E-state index in [0.29, 0.717) is 5.69 Å². The zero-order valence-corrected chi connectivity index (χ0v) is 19.0. The number of nitrogens with one attached hydrogen (secondary N) is 3. The van der Waals surface area contributed by atoms with E-state index in [1.165, 1.54) is 0 Å². The molecule has 0 radical (unpaired) electrons. The van der Waals surface area contributed by atoms with Crippen molar-refractivity contribution >= 4 is 23.5 Å². The largest absolute Gasteiger partial charge is 0.390 e. The lowest BCUT2D eigenvalue weighted by molar-refractivity contribution is -0.158. The molecule has 1 aromatic carbocycles. The van der Waals surface area contributed by atoms with Crippen LogP contribution in [-0.2, 0) is 9.59 Å². The van der Waals surface area contributed by atoms with Gasteiger partial charge < -0.3 is 37.0 Å². The Balaban J connectivity index is 1.66. The number of aryl methyl sites for hydroxylation is 1. The molecule has 8 N–H and O–H groups in total. The molecule has 5 atom stereocenters. The molecular formula is C24H32N4O6. The summed E-state index contributed by atoms with van der Waals surface area (Å²) in [5.74, 6) is -1.67. The van der Waals surface area contributed by atoms with Crippen molar-refractivity contribution in [3.63, 3.8) is 0 Å². The number of aliphatic hydroxyl groups excluding tert-OH is 2. The van der Waals surface area contributed by atoms with Gasteiger partial charge in [-0.25, -0.2) is 4.79 Å². The van der Waals surface area contributed by atoms with Crippen LogP contribution in [0.15, 0.2) is 48.1 Å². The third kappa shape index (κ3) is 6.43. The number of rotatable bonds is 7. The molecule has 10 nitrogen and oxygen atoms in total. The standard InChI is InChI=1S/C24H32N4O6/c1-14-7-9-16(10-8-14)26-23(33)28-18-12-24(34,13-19(29)20(18)30)22(32)27-17(21(25)31)11-15-5-3-2-4-6-15/h3,5-10,17-20,29-30,34H,2,4,11-13H2,1H3,(H2,25,31)(H,27,32)(H2,26,28,33)/t17-,18+,19-,20-,24+/m1/s1. The Morgan fingerprint density at radius 2 is 1.85 bits per heavy atom. The van der Waals surface area contributed by atoms with E-state index in [-0.39, 0.29) is 12.8 Å². The van der Waals surface area contributed by atoms with Crippen LogP contribution in [0.25, 0.3) is 0 Å². The first-order valence-electron chi connectivity index (χ1n) is 11.3. The van der Waals surface area contributed by atoms with Crippen LogP contribution in [0.5, 0.6) is 0 Å². The lowest BCUT2D eigenvalue weighted by Crippen LogP contribution is -2.64. The molecule has 0 unspecified atom stereocenters. The maximum atomic E-state index is 13.0. The fourth-order valence-corrected chi connectivity index (χ4v) is 4.17. The Hall–Kier alpha value is -3.21. The van der Waals surface area contributed by atoms with Gasteiger partial charge in [0.05, 0.1) is 12.1 Å². The summed E-state index contributed by atoms with van der Waals surface area (Å²) in [6.07, 6.45) is 3.92. The number of allylic oxidation sites excluding steroid dienone is 3. The van der Waals surface area contributed by atoms with Gasteiger partial charge in [0.25, 0.3) is 5.91 Å². The van der Waals surface area contributed by atoms with E-state index < -0.39 is 54.2 Å². The fraction of sp³-hybridized carbons (Fsp3) is 0.458. The van der Waals surface area contributed by atoms with Gasteiger partial charge in [-0.2, -0.15) is 0 Å². The lowest BCUT2D eigenvalue weighted by Gasteiger charge is -2.41. The number of nitrogens with two attached hydrogens (primary N) is 1. The Morgan fingerprint density at radius 1 is 1.15 bits per heavy atom. The minimum absolute atomic E-state index is 0.166. The first-order valence-corrected chi connectivity index (χ1v) is 11.3. The van der Waals surface area contributed by atoms with Crippen molar-refractivity contribution < 1.29 is 29.7 Å². The predicted molar refractivity (Wildman–Crippen MR) is 126 cm³/mol. The van der Waals surface area contributed by atoms with Crippen LogP contribution in [0.3, 0.4) is 0 Å². The van der Waals surface area contributed by atoms with Crippen molar-refractivity contribution in [3.8, 4) is 0 Å². The molecule has 10 heteroatoms. The second-order valence-electron chi connectivity index (χ2n) is 8.96. The summed E-state index contributed by atoms with van der Waals surface area (Å²) < 4.78 is 0. The molecule has 1 fully saturated rings. The van der Waals surface area contributed by atoms with Crippen LogP contribution >= 0.6 is 0 Å². The summed E-state index contributed by atoms with van der Waals surface area (Å²) in [7, 11) is 0. The summed E-state index contributed by atoms with van der Waals surface area (Å²) in [6, 6.07) is 4.16. The molecule has 2 aliphatic carbocycles. The SMILES string of the molecule is Cc1ccc(NC(=O)N[C@H]2C[C@@](O)(C(=O)N[C@H](CC3=CCCC=C3)C(N)=O)C[C@@H](O)[C@@H]2O)cc1. The molecule has 0 heterocycles. The predicted octanol–water partition coefficient (Wildman–Crippen LogP) is 0.368. The molecule has 4 amide bonds. The van der Waals surface area contributed by atoms with Gasteiger partial charge in [0.2, 0.25) is 5.91 Å². The monoisotopic (exact) mass is 472 g/mol. The van der Waals surface area contributed by atoms with Gasteiger partial charge in [0.1, 0.15) is 17.7 Å². The summed E-state index contributed by atoms with van der Waals surface area (Å²) in [6.45, 7) is 1.90. The smallest absolute Gasteiger partial charge is 0.319 e. The second-order valence-corrected chi connectivity index (χ2v) is 8.96. The van der Waals surface area contributed by atoms with Gasteiger partial charge in [-0.3, -0.25) is 9.59 Å². The van der Waals surface area contributed by atoms with Gasteiger partial charge in [0, 0.05) is 24.9 Å². The summed E-state index contributed by atoms with van der Waals surface area (Å²) in [5.41, 5.74) is 5.69. The van der Waals surface area contributed by atoms with Crippen LogP contribution in [0.1, 0.15) is 37.7 Å². The third-order valence-corrected chi connectivity index (χ3v) is 6.12. The van der Waals surface area contributed by atoms with Crippen molar-refractivity contribution in [2.24, 2.45) is 5.73 Å². The first-order chi connectivity index (χ1) is 16.1. The zero-order valence-electron chi connectivity index (χ0n) is 19.0. The Labute approximate surface area is 197 Å². The summed E-state index contributed by atoms with van der Waals surface area (Å²) in [4.78, 5) is 37.3. The molecule has 184 valence electrons. The van der Waals surface area contributed by atoms with Crippen LogP contribution in [0, 0.1) is 6.92 Å². The Kier molecular flexibility index (Phi) is 8.08. The maximum absolute atomic E-state index is 13.0. The van der Waals surface area contributed by atoms with Crippen LogP contribution in [0.2, 0.25) is 0 Å². The summed E-state index contributed by atoms with van der Waals surface area (Å²) >= 11 is 0. The van der Waals surface area contributed by atoms with Crippen LogP contribution in [-0.4, -0.2) is 63.1 Å². The number of carbonyl (C=O) groups excluding carboxylic acids is 3. The number of hydrogen-bond acceptors (Lipinski definition) is 6. The number of amides is 4. The third-order valence-electron chi connectivity index (χ3n) is 6.12. The van der Waals surface area contributed by atoms with E-state index in [1.807, 2.05) is 37.3 Å². The summed E-state index contributed by atoms with van der Waals surface area (Å²) in [5, 5.41) is 39.3. The van der Waals surface area contributed by atoms with Crippen molar-refractivity contribution in [3.05, 3.63) is 53.6 Å². The molecule has 1 saturated carbocycles. The number of aliphatic hydroxyl groups is 3. The number of urea groups is 1. The first kappa shape index (κ1) is 25.4. The Bertz CT molecular complexity index is 976. The number of carbonyl (C=O) groups is 3. The van der Waals surface area contributed by atoms with Crippen molar-refractivity contribution in [1.82, 2.24) is 10.6 Å².